The molecule has 5 nitrogen and oxygen atoms in total. The Morgan fingerprint density at radius 1 is 1.00 bits per heavy atom. The summed E-state index contributed by atoms with van der Waals surface area (Å²) in [6.45, 7) is 14.5. The molecule has 1 N–H and O–H groups in total. The summed E-state index contributed by atoms with van der Waals surface area (Å²) < 4.78 is 0. The van der Waals surface area contributed by atoms with E-state index >= 15 is 0 Å². The van der Waals surface area contributed by atoms with Gasteiger partial charge in [0.25, 0.3) is 0 Å². The summed E-state index contributed by atoms with van der Waals surface area (Å²) >= 11 is 0. The molecule has 1 aliphatic heterocycles. The minimum Gasteiger partial charge on any atom is -0.372 e. The van der Waals surface area contributed by atoms with E-state index in [1.165, 1.54) is 22.5 Å². The van der Waals surface area contributed by atoms with Crippen LogP contribution in [0.25, 0.3) is 0 Å². The van der Waals surface area contributed by atoms with Gasteiger partial charge in [-0.05, 0) is 57.0 Å². The van der Waals surface area contributed by atoms with Crippen LogP contribution in [-0.2, 0) is 6.54 Å². The standard InChI is InChI=1S/C24H34N4O/c1-5-26(6-2)22-10-11-23(20(4)17-22)27-12-14-28(15-13-27)24(29)25-18-21-9-7-8-19(3)16-21/h7-11,16-17H,5-6,12-15,18H2,1-4H3,(H,25,29). The highest BCUT2D eigenvalue weighted by molar-refractivity contribution is 5.74. The molecule has 2 amide bonds. The van der Waals surface area contributed by atoms with E-state index < -0.39 is 0 Å². The van der Waals surface area contributed by atoms with Crippen molar-refractivity contribution >= 4 is 17.4 Å². The lowest BCUT2D eigenvalue weighted by molar-refractivity contribution is 0.194. The van der Waals surface area contributed by atoms with E-state index in [2.05, 4.69) is 79.2 Å². The highest BCUT2D eigenvalue weighted by atomic mass is 16.2. The summed E-state index contributed by atoms with van der Waals surface area (Å²) in [4.78, 5) is 19.2. The van der Waals surface area contributed by atoms with Crippen LogP contribution in [0.5, 0.6) is 0 Å². The lowest BCUT2D eigenvalue weighted by Gasteiger charge is -2.37. The number of carbonyl (C=O) groups excluding carboxylic acids is 1. The maximum atomic E-state index is 12.5. The molecule has 0 radical (unpaired) electrons. The summed E-state index contributed by atoms with van der Waals surface area (Å²) in [5.74, 6) is 0. The van der Waals surface area contributed by atoms with Crippen LogP contribution in [0, 0.1) is 13.8 Å². The molecule has 0 atom stereocenters. The van der Waals surface area contributed by atoms with E-state index in [9.17, 15) is 4.79 Å². The average molecular weight is 395 g/mol. The number of hydrogen-bond donors (Lipinski definition) is 1. The van der Waals surface area contributed by atoms with Gasteiger partial charge in [-0.25, -0.2) is 4.79 Å². The van der Waals surface area contributed by atoms with Gasteiger partial charge in [-0.1, -0.05) is 29.8 Å². The lowest BCUT2D eigenvalue weighted by atomic mass is 10.1. The van der Waals surface area contributed by atoms with Crippen LogP contribution in [-0.4, -0.2) is 50.2 Å². The van der Waals surface area contributed by atoms with Crippen molar-refractivity contribution in [2.75, 3.05) is 49.1 Å². The molecular weight excluding hydrogens is 360 g/mol. The molecule has 5 heteroatoms. The van der Waals surface area contributed by atoms with Gasteiger partial charge in [-0.3, -0.25) is 0 Å². The maximum absolute atomic E-state index is 12.5. The maximum Gasteiger partial charge on any atom is 0.317 e. The van der Waals surface area contributed by atoms with Gasteiger partial charge < -0.3 is 20.0 Å². The molecule has 0 aromatic heterocycles. The third kappa shape index (κ3) is 5.22. The summed E-state index contributed by atoms with van der Waals surface area (Å²) in [6.07, 6.45) is 0. The van der Waals surface area contributed by atoms with Crippen molar-refractivity contribution in [3.8, 4) is 0 Å². The van der Waals surface area contributed by atoms with Gasteiger partial charge in [0.1, 0.15) is 0 Å². The Morgan fingerprint density at radius 2 is 1.72 bits per heavy atom. The number of nitrogens with zero attached hydrogens (tertiary/aromatic N) is 3. The van der Waals surface area contributed by atoms with Gasteiger partial charge in [0.2, 0.25) is 0 Å². The first kappa shape index (κ1) is 21.0. The molecule has 1 saturated heterocycles. The molecule has 0 saturated carbocycles. The molecule has 156 valence electrons. The van der Waals surface area contributed by atoms with Gasteiger partial charge in [-0.15, -0.1) is 0 Å². The van der Waals surface area contributed by atoms with Crippen LogP contribution < -0.4 is 15.1 Å². The monoisotopic (exact) mass is 394 g/mol. The molecule has 1 fully saturated rings. The summed E-state index contributed by atoms with van der Waals surface area (Å²) in [5.41, 5.74) is 6.21. The van der Waals surface area contributed by atoms with Gasteiger partial charge in [0, 0.05) is 57.2 Å². The molecule has 1 aliphatic rings. The quantitative estimate of drug-likeness (QED) is 0.799. The third-order valence-corrected chi connectivity index (χ3v) is 5.74. The molecule has 2 aromatic rings. The second-order valence-corrected chi connectivity index (χ2v) is 7.76. The van der Waals surface area contributed by atoms with E-state index in [1.54, 1.807) is 0 Å². The number of carbonyl (C=O) groups is 1. The molecule has 3 rings (SSSR count). The van der Waals surface area contributed by atoms with Crippen LogP contribution in [0.1, 0.15) is 30.5 Å². The number of nitrogens with one attached hydrogen (secondary N) is 1. The number of rotatable bonds is 6. The number of anilines is 2. The van der Waals surface area contributed by atoms with Gasteiger partial charge >= 0.3 is 6.03 Å². The van der Waals surface area contributed by atoms with Gasteiger partial charge in [-0.2, -0.15) is 0 Å². The Bertz CT molecular complexity index is 823. The number of amides is 2. The van der Waals surface area contributed by atoms with Gasteiger partial charge in [0.15, 0.2) is 0 Å². The number of hydrogen-bond acceptors (Lipinski definition) is 3. The Labute approximate surface area is 175 Å². The number of urea groups is 1. The van der Waals surface area contributed by atoms with Crippen molar-refractivity contribution in [1.82, 2.24) is 10.2 Å². The Balaban J connectivity index is 1.54. The minimum atomic E-state index is 0.0276. The predicted octanol–water partition coefficient (Wildman–Crippen LogP) is 4.18. The lowest BCUT2D eigenvalue weighted by Crippen LogP contribution is -2.51. The van der Waals surface area contributed by atoms with E-state index in [-0.39, 0.29) is 6.03 Å². The van der Waals surface area contributed by atoms with E-state index in [4.69, 9.17) is 0 Å². The van der Waals surface area contributed by atoms with Crippen molar-refractivity contribution < 1.29 is 4.79 Å². The van der Waals surface area contributed by atoms with Crippen LogP contribution in [0.15, 0.2) is 42.5 Å². The fraction of sp³-hybridized carbons (Fsp3) is 0.458. The smallest absolute Gasteiger partial charge is 0.317 e. The zero-order valence-corrected chi connectivity index (χ0v) is 18.2. The molecular formula is C24H34N4O. The van der Waals surface area contributed by atoms with Crippen molar-refractivity contribution in [3.63, 3.8) is 0 Å². The summed E-state index contributed by atoms with van der Waals surface area (Å²) in [7, 11) is 0. The molecule has 0 aliphatic carbocycles. The highest BCUT2D eigenvalue weighted by Gasteiger charge is 2.22. The SMILES string of the molecule is CCN(CC)c1ccc(N2CCN(C(=O)NCc3cccc(C)c3)CC2)c(C)c1. The molecule has 0 spiro atoms. The second-order valence-electron chi connectivity index (χ2n) is 7.76. The summed E-state index contributed by atoms with van der Waals surface area (Å²) in [6, 6.07) is 15.0. The second kappa shape index (κ2) is 9.68. The van der Waals surface area contributed by atoms with Crippen molar-refractivity contribution in [1.29, 1.82) is 0 Å². The summed E-state index contributed by atoms with van der Waals surface area (Å²) in [5, 5.41) is 3.06. The minimum absolute atomic E-state index is 0.0276. The first-order valence-corrected chi connectivity index (χ1v) is 10.7. The van der Waals surface area contributed by atoms with Gasteiger partial charge in [0.05, 0.1) is 0 Å². The first-order valence-electron chi connectivity index (χ1n) is 10.7. The van der Waals surface area contributed by atoms with Crippen LogP contribution in [0.4, 0.5) is 16.2 Å². The molecule has 29 heavy (non-hydrogen) atoms. The average Bonchev–Trinajstić information content (AvgIpc) is 2.73. The fourth-order valence-corrected chi connectivity index (χ4v) is 4.04. The normalized spacial score (nSPS) is 14.1. The molecule has 2 aromatic carbocycles. The fourth-order valence-electron chi connectivity index (χ4n) is 4.04. The van der Waals surface area contributed by atoms with E-state index in [0.29, 0.717) is 6.54 Å². The van der Waals surface area contributed by atoms with Crippen LogP contribution in [0.3, 0.4) is 0 Å². The molecule has 0 bridgehead atoms. The highest BCUT2D eigenvalue weighted by Crippen LogP contribution is 2.26. The third-order valence-electron chi connectivity index (χ3n) is 5.74. The molecule has 0 unspecified atom stereocenters. The van der Waals surface area contributed by atoms with Crippen LogP contribution >= 0.6 is 0 Å². The Morgan fingerprint density at radius 3 is 2.34 bits per heavy atom. The zero-order chi connectivity index (χ0) is 20.8. The number of aryl methyl sites for hydroxylation is 2. The van der Waals surface area contributed by atoms with E-state index in [0.717, 1.165) is 44.8 Å². The number of benzene rings is 2. The largest absolute Gasteiger partial charge is 0.372 e. The van der Waals surface area contributed by atoms with Crippen molar-refractivity contribution in [2.24, 2.45) is 0 Å². The van der Waals surface area contributed by atoms with Crippen molar-refractivity contribution in [2.45, 2.75) is 34.2 Å². The molecule has 1 heterocycles. The first-order chi connectivity index (χ1) is 14.0. The Hall–Kier alpha value is -2.69. The topological polar surface area (TPSA) is 38.8 Å². The van der Waals surface area contributed by atoms with Crippen LogP contribution in [0.2, 0.25) is 0 Å². The predicted molar refractivity (Wildman–Crippen MR) is 122 cm³/mol. The zero-order valence-electron chi connectivity index (χ0n) is 18.2. The Kier molecular flexibility index (Phi) is 7.02. The van der Waals surface area contributed by atoms with E-state index in [1.807, 2.05) is 11.0 Å². The number of piperazine rings is 1. The van der Waals surface area contributed by atoms with Crippen molar-refractivity contribution in [3.05, 3.63) is 59.2 Å².